The number of pyridine rings is 1. The van der Waals surface area contributed by atoms with E-state index in [0.29, 0.717) is 12.5 Å². The van der Waals surface area contributed by atoms with Crippen LogP contribution in [0.1, 0.15) is 6.92 Å². The number of alkyl halides is 1. The Kier molecular flexibility index (Phi) is 4.17. The Balaban J connectivity index is 2.05. The lowest BCUT2D eigenvalue weighted by atomic mass is 10.1. The number of hydrogen-bond acceptors (Lipinski definition) is 4. The Morgan fingerprint density at radius 1 is 1.43 bits per heavy atom. The molecule has 3 rings (SSSR count). The van der Waals surface area contributed by atoms with Gasteiger partial charge in [0.15, 0.2) is 0 Å². The fraction of sp³-hybridized carbons (Fsp3) is 0.438. The molecular weight excluding hydrogens is 288 g/mol. The van der Waals surface area contributed by atoms with Gasteiger partial charge in [-0.05, 0) is 30.5 Å². The molecule has 0 radical (unpaired) electrons. The third-order valence-corrected chi connectivity index (χ3v) is 4.25. The summed E-state index contributed by atoms with van der Waals surface area (Å²) >= 11 is 5.95. The molecule has 0 aliphatic carbocycles. The molecule has 21 heavy (non-hydrogen) atoms. The van der Waals surface area contributed by atoms with Crippen molar-refractivity contribution in [2.75, 3.05) is 31.0 Å². The minimum absolute atomic E-state index is 0.0468. The number of fused-ring (bicyclic) bond motifs is 1. The highest BCUT2D eigenvalue weighted by Crippen LogP contribution is 2.30. The third-order valence-electron chi connectivity index (χ3n) is 3.90. The summed E-state index contributed by atoms with van der Waals surface area (Å²) in [5.41, 5.74) is 0. The molecule has 112 valence electrons. The normalized spacial score (nSPS) is 22.5. The molecule has 2 unspecified atom stereocenters. The molecule has 2 atom stereocenters. The lowest BCUT2D eigenvalue weighted by Gasteiger charge is -2.38. The highest BCUT2D eigenvalue weighted by Gasteiger charge is 2.27. The molecule has 0 bridgehead atoms. The molecular formula is C16H19ClN2O2. The SMILES string of the molecule is COc1ccc2ccnc(N3CC(CCl)OCC3C)c2c1. The molecule has 1 aromatic heterocycles. The smallest absolute Gasteiger partial charge is 0.136 e. The summed E-state index contributed by atoms with van der Waals surface area (Å²) < 4.78 is 11.1. The molecule has 4 nitrogen and oxygen atoms in total. The van der Waals surface area contributed by atoms with E-state index in [1.54, 1.807) is 7.11 Å². The predicted octanol–water partition coefficient (Wildman–Crippen LogP) is 3.08. The van der Waals surface area contributed by atoms with Gasteiger partial charge in [-0.25, -0.2) is 4.98 Å². The quantitative estimate of drug-likeness (QED) is 0.816. The highest BCUT2D eigenvalue weighted by atomic mass is 35.5. The van der Waals surface area contributed by atoms with Crippen LogP contribution in [0.5, 0.6) is 5.75 Å². The molecule has 0 amide bonds. The number of rotatable bonds is 3. The molecule has 0 spiro atoms. The van der Waals surface area contributed by atoms with Gasteiger partial charge in [0.05, 0.1) is 31.7 Å². The molecule has 1 aliphatic rings. The van der Waals surface area contributed by atoms with Gasteiger partial charge in [0.1, 0.15) is 11.6 Å². The largest absolute Gasteiger partial charge is 0.497 e. The third kappa shape index (κ3) is 2.78. The van der Waals surface area contributed by atoms with E-state index in [1.807, 2.05) is 24.4 Å². The first-order valence-electron chi connectivity index (χ1n) is 7.10. The monoisotopic (exact) mass is 306 g/mol. The molecule has 1 saturated heterocycles. The minimum Gasteiger partial charge on any atom is -0.497 e. The topological polar surface area (TPSA) is 34.6 Å². The maximum atomic E-state index is 5.95. The van der Waals surface area contributed by atoms with Crippen LogP contribution in [-0.4, -0.2) is 43.3 Å². The average molecular weight is 307 g/mol. The number of hydrogen-bond donors (Lipinski definition) is 0. The Hall–Kier alpha value is -1.52. The van der Waals surface area contributed by atoms with Crippen molar-refractivity contribution in [1.29, 1.82) is 0 Å². The number of ether oxygens (including phenoxy) is 2. The second kappa shape index (κ2) is 6.08. The number of benzene rings is 1. The molecule has 2 heterocycles. The van der Waals surface area contributed by atoms with E-state index in [1.165, 1.54) is 0 Å². The molecule has 0 N–H and O–H groups in total. The predicted molar refractivity (Wildman–Crippen MR) is 85.6 cm³/mol. The van der Waals surface area contributed by atoms with Crippen LogP contribution in [0.15, 0.2) is 30.5 Å². The summed E-state index contributed by atoms with van der Waals surface area (Å²) in [6.07, 6.45) is 1.90. The first-order valence-corrected chi connectivity index (χ1v) is 7.63. The van der Waals surface area contributed by atoms with Gasteiger partial charge in [-0.2, -0.15) is 0 Å². The van der Waals surface area contributed by atoms with E-state index < -0.39 is 0 Å². The van der Waals surface area contributed by atoms with Crippen LogP contribution in [0.3, 0.4) is 0 Å². The van der Waals surface area contributed by atoms with Crippen molar-refractivity contribution in [3.8, 4) is 5.75 Å². The van der Waals surface area contributed by atoms with Crippen LogP contribution in [0.2, 0.25) is 0 Å². The van der Waals surface area contributed by atoms with Crippen LogP contribution in [0.4, 0.5) is 5.82 Å². The van der Waals surface area contributed by atoms with Crippen molar-refractivity contribution in [1.82, 2.24) is 4.98 Å². The van der Waals surface area contributed by atoms with Crippen LogP contribution in [-0.2, 0) is 4.74 Å². The molecule has 1 aromatic carbocycles. The first-order chi connectivity index (χ1) is 10.2. The van der Waals surface area contributed by atoms with Crippen molar-refractivity contribution in [2.24, 2.45) is 0 Å². The summed E-state index contributed by atoms with van der Waals surface area (Å²) in [5, 5.41) is 2.25. The van der Waals surface area contributed by atoms with Crippen molar-refractivity contribution < 1.29 is 9.47 Å². The fourth-order valence-electron chi connectivity index (χ4n) is 2.69. The zero-order valence-corrected chi connectivity index (χ0v) is 13.0. The van der Waals surface area contributed by atoms with Crippen LogP contribution in [0, 0.1) is 0 Å². The Morgan fingerprint density at radius 2 is 2.29 bits per heavy atom. The standard InChI is InChI=1S/C16H19ClN2O2/c1-11-10-21-14(8-17)9-19(11)16-15-7-13(20-2)4-3-12(15)5-6-18-16/h3-7,11,14H,8-10H2,1-2H3. The summed E-state index contributed by atoms with van der Waals surface area (Å²) in [4.78, 5) is 6.87. The zero-order chi connectivity index (χ0) is 14.8. The second-order valence-electron chi connectivity index (χ2n) is 5.33. The van der Waals surface area contributed by atoms with E-state index in [-0.39, 0.29) is 12.1 Å². The average Bonchev–Trinajstić information content (AvgIpc) is 2.54. The second-order valence-corrected chi connectivity index (χ2v) is 5.64. The van der Waals surface area contributed by atoms with Crippen molar-refractivity contribution >= 4 is 28.2 Å². The number of halogens is 1. The van der Waals surface area contributed by atoms with Gasteiger partial charge in [0.2, 0.25) is 0 Å². The van der Waals surface area contributed by atoms with Gasteiger partial charge >= 0.3 is 0 Å². The Morgan fingerprint density at radius 3 is 3.05 bits per heavy atom. The van der Waals surface area contributed by atoms with Gasteiger partial charge in [-0.1, -0.05) is 6.07 Å². The van der Waals surface area contributed by atoms with E-state index in [2.05, 4.69) is 22.9 Å². The van der Waals surface area contributed by atoms with Gasteiger partial charge in [-0.15, -0.1) is 11.6 Å². The van der Waals surface area contributed by atoms with Crippen molar-refractivity contribution in [3.05, 3.63) is 30.5 Å². The van der Waals surface area contributed by atoms with Crippen LogP contribution in [0.25, 0.3) is 10.8 Å². The number of morpholine rings is 1. The summed E-state index contributed by atoms with van der Waals surface area (Å²) in [6.45, 7) is 3.57. The maximum Gasteiger partial charge on any atom is 0.136 e. The fourth-order valence-corrected chi connectivity index (χ4v) is 2.88. The van der Waals surface area contributed by atoms with E-state index in [0.717, 1.165) is 28.9 Å². The zero-order valence-electron chi connectivity index (χ0n) is 12.3. The van der Waals surface area contributed by atoms with E-state index in [9.17, 15) is 0 Å². The first kappa shape index (κ1) is 14.4. The Bertz CT molecular complexity index is 635. The van der Waals surface area contributed by atoms with Gasteiger partial charge in [0.25, 0.3) is 0 Å². The summed E-state index contributed by atoms with van der Waals surface area (Å²) in [5.74, 6) is 2.31. The molecule has 0 saturated carbocycles. The van der Waals surface area contributed by atoms with Gasteiger partial charge in [-0.3, -0.25) is 0 Å². The number of aromatic nitrogens is 1. The Labute approximate surface area is 129 Å². The number of methoxy groups -OCH3 is 1. The van der Waals surface area contributed by atoms with Gasteiger partial charge < -0.3 is 14.4 Å². The van der Waals surface area contributed by atoms with Crippen molar-refractivity contribution in [3.63, 3.8) is 0 Å². The van der Waals surface area contributed by atoms with Crippen LogP contribution >= 0.6 is 11.6 Å². The molecule has 1 fully saturated rings. The lowest BCUT2D eigenvalue weighted by molar-refractivity contribution is 0.0362. The molecule has 1 aliphatic heterocycles. The van der Waals surface area contributed by atoms with Crippen molar-refractivity contribution in [2.45, 2.75) is 19.1 Å². The van der Waals surface area contributed by atoms with E-state index >= 15 is 0 Å². The number of anilines is 1. The number of nitrogens with zero attached hydrogens (tertiary/aromatic N) is 2. The molecule has 5 heteroatoms. The van der Waals surface area contributed by atoms with Crippen LogP contribution < -0.4 is 9.64 Å². The summed E-state index contributed by atoms with van der Waals surface area (Å²) in [7, 11) is 1.68. The maximum absolute atomic E-state index is 5.95. The molecule has 2 aromatic rings. The lowest BCUT2D eigenvalue weighted by Crippen LogP contribution is -2.49. The minimum atomic E-state index is 0.0468. The highest BCUT2D eigenvalue weighted by molar-refractivity contribution is 6.18. The van der Waals surface area contributed by atoms with E-state index in [4.69, 9.17) is 21.1 Å². The van der Waals surface area contributed by atoms with Gasteiger partial charge in [0, 0.05) is 18.1 Å². The summed E-state index contributed by atoms with van der Waals surface area (Å²) in [6, 6.07) is 8.35.